The summed E-state index contributed by atoms with van der Waals surface area (Å²) in [6.07, 6.45) is 1.34. The molecule has 1 N–H and O–H groups in total. The normalized spacial score (nSPS) is 11.4. The predicted molar refractivity (Wildman–Crippen MR) is 70.0 cm³/mol. The number of aromatic nitrogens is 2. The second-order valence-corrected chi connectivity index (χ2v) is 5.67. The zero-order valence-electron chi connectivity index (χ0n) is 10.3. The number of nitrogens with zero attached hydrogens (tertiary/aromatic N) is 2. The zero-order valence-corrected chi connectivity index (χ0v) is 11.1. The van der Waals surface area contributed by atoms with E-state index in [2.05, 4.69) is 9.97 Å². The molecule has 1 heterocycles. The first-order valence-corrected chi connectivity index (χ1v) is 7.09. The summed E-state index contributed by atoms with van der Waals surface area (Å²) in [7, 11) is -3.57. The second kappa shape index (κ2) is 4.81. The highest BCUT2D eigenvalue weighted by atomic mass is 32.2. The molecule has 1 aromatic carbocycles. The number of sulfonamides is 1. The largest absolute Gasteiger partial charge is 0.332 e. The van der Waals surface area contributed by atoms with Crippen LogP contribution in [-0.4, -0.2) is 24.9 Å². The maximum Gasteiger partial charge on any atom is 0.281 e. The Morgan fingerprint density at radius 3 is 2.44 bits per heavy atom. The quantitative estimate of drug-likeness (QED) is 0.918. The van der Waals surface area contributed by atoms with E-state index in [0.29, 0.717) is 18.1 Å². The summed E-state index contributed by atoms with van der Waals surface area (Å²) < 4.78 is 26.2. The zero-order chi connectivity index (χ0) is 13.2. The molecule has 96 valence electrons. The summed E-state index contributed by atoms with van der Waals surface area (Å²) >= 11 is 0. The van der Waals surface area contributed by atoms with Crippen LogP contribution in [0, 0.1) is 6.92 Å². The fourth-order valence-corrected chi connectivity index (χ4v) is 3.17. The monoisotopic (exact) mass is 265 g/mol. The van der Waals surface area contributed by atoms with Crippen molar-refractivity contribution in [1.29, 1.82) is 0 Å². The Kier molecular flexibility index (Phi) is 3.38. The van der Waals surface area contributed by atoms with Gasteiger partial charge in [-0.05, 0) is 26.0 Å². The van der Waals surface area contributed by atoms with E-state index < -0.39 is 10.0 Å². The van der Waals surface area contributed by atoms with Crippen LogP contribution in [0.25, 0.3) is 0 Å². The number of rotatable bonds is 4. The molecule has 0 spiro atoms. The van der Waals surface area contributed by atoms with Crippen LogP contribution in [0.2, 0.25) is 0 Å². The molecule has 0 aliphatic carbocycles. The number of imidazole rings is 1. The van der Waals surface area contributed by atoms with Crippen LogP contribution in [0.3, 0.4) is 0 Å². The highest BCUT2D eigenvalue weighted by Gasteiger charge is 2.25. The first-order chi connectivity index (χ1) is 8.55. The van der Waals surface area contributed by atoms with Gasteiger partial charge in [-0.25, -0.2) is 4.98 Å². The molecule has 0 aliphatic heterocycles. The molecule has 2 aromatic rings. The van der Waals surface area contributed by atoms with Gasteiger partial charge >= 0.3 is 0 Å². The first-order valence-electron chi connectivity index (χ1n) is 5.65. The average molecular weight is 265 g/mol. The third-order valence-corrected chi connectivity index (χ3v) is 4.39. The van der Waals surface area contributed by atoms with Gasteiger partial charge in [0.25, 0.3) is 10.0 Å². The fraction of sp³-hybridized carbons (Fsp3) is 0.250. The van der Waals surface area contributed by atoms with Crippen LogP contribution in [-0.2, 0) is 10.0 Å². The lowest BCUT2D eigenvalue weighted by molar-refractivity contribution is 0.588. The minimum atomic E-state index is -3.57. The lowest BCUT2D eigenvalue weighted by Crippen LogP contribution is -2.31. The van der Waals surface area contributed by atoms with Gasteiger partial charge in [0.1, 0.15) is 5.82 Å². The van der Waals surface area contributed by atoms with Gasteiger partial charge in [0.2, 0.25) is 0 Å². The molecule has 0 saturated heterocycles. The minimum absolute atomic E-state index is 0.116. The standard InChI is InChI=1S/C12H15N3O2S/c1-3-15(11-7-5-4-6-8-11)18(16,17)12-9-13-10(2)14-12/h4-9H,3H2,1-2H3,(H,13,14). The number of para-hydroxylation sites is 1. The number of anilines is 1. The molecule has 0 atom stereocenters. The number of hydrogen-bond donors (Lipinski definition) is 1. The number of H-pyrrole nitrogens is 1. The fourth-order valence-electron chi connectivity index (χ4n) is 1.73. The number of aromatic amines is 1. The Bertz CT molecular complexity index is 620. The van der Waals surface area contributed by atoms with Crippen molar-refractivity contribution >= 4 is 15.7 Å². The maximum atomic E-state index is 12.4. The molecule has 6 heteroatoms. The summed E-state index contributed by atoms with van der Waals surface area (Å²) in [5, 5.41) is 0.116. The SMILES string of the molecule is CCN(c1ccccc1)S(=O)(=O)c1cnc(C)[nH]1. The molecule has 0 radical (unpaired) electrons. The molecular weight excluding hydrogens is 250 g/mol. The van der Waals surface area contributed by atoms with E-state index in [1.807, 2.05) is 18.2 Å². The van der Waals surface area contributed by atoms with Crippen LogP contribution >= 0.6 is 0 Å². The average Bonchev–Trinajstić information content (AvgIpc) is 2.78. The summed E-state index contributed by atoms with van der Waals surface area (Å²) in [4.78, 5) is 6.69. The molecule has 0 bridgehead atoms. The van der Waals surface area contributed by atoms with E-state index in [9.17, 15) is 8.42 Å². The van der Waals surface area contributed by atoms with Crippen molar-refractivity contribution in [3.8, 4) is 0 Å². The van der Waals surface area contributed by atoms with Crippen molar-refractivity contribution < 1.29 is 8.42 Å². The Morgan fingerprint density at radius 1 is 1.28 bits per heavy atom. The first kappa shape index (κ1) is 12.6. The molecule has 18 heavy (non-hydrogen) atoms. The van der Waals surface area contributed by atoms with Crippen LogP contribution in [0.15, 0.2) is 41.6 Å². The Hall–Kier alpha value is -1.82. The summed E-state index contributed by atoms with van der Waals surface area (Å²) in [5.74, 6) is 0.581. The van der Waals surface area contributed by atoms with Gasteiger partial charge in [0.05, 0.1) is 11.9 Å². The third kappa shape index (κ3) is 2.24. The van der Waals surface area contributed by atoms with Gasteiger partial charge < -0.3 is 4.98 Å². The molecule has 0 fully saturated rings. The molecule has 0 aliphatic rings. The molecular formula is C12H15N3O2S. The van der Waals surface area contributed by atoms with Crippen molar-refractivity contribution in [3.05, 3.63) is 42.4 Å². The van der Waals surface area contributed by atoms with Crippen LogP contribution < -0.4 is 4.31 Å². The van der Waals surface area contributed by atoms with Gasteiger partial charge in [-0.1, -0.05) is 18.2 Å². The molecule has 0 amide bonds. The van der Waals surface area contributed by atoms with Gasteiger partial charge in [-0.15, -0.1) is 0 Å². The number of benzene rings is 1. The molecule has 1 aromatic heterocycles. The maximum absolute atomic E-state index is 12.4. The van der Waals surface area contributed by atoms with E-state index in [0.717, 1.165) is 0 Å². The minimum Gasteiger partial charge on any atom is -0.332 e. The number of hydrogen-bond acceptors (Lipinski definition) is 3. The Balaban J connectivity index is 2.45. The van der Waals surface area contributed by atoms with Crippen LogP contribution in [0.5, 0.6) is 0 Å². The Labute approximate surface area is 107 Å². The van der Waals surface area contributed by atoms with Gasteiger partial charge in [-0.3, -0.25) is 4.31 Å². The van der Waals surface area contributed by atoms with E-state index in [1.54, 1.807) is 26.0 Å². The lowest BCUT2D eigenvalue weighted by Gasteiger charge is -2.21. The molecule has 0 saturated carbocycles. The van der Waals surface area contributed by atoms with Gasteiger partial charge in [-0.2, -0.15) is 8.42 Å². The van der Waals surface area contributed by atoms with Crippen molar-refractivity contribution in [3.63, 3.8) is 0 Å². The second-order valence-electron chi connectivity index (χ2n) is 3.84. The van der Waals surface area contributed by atoms with Crippen molar-refractivity contribution in [2.24, 2.45) is 0 Å². The van der Waals surface area contributed by atoms with Gasteiger partial charge in [0.15, 0.2) is 5.03 Å². The van der Waals surface area contributed by atoms with Crippen molar-refractivity contribution in [2.45, 2.75) is 18.9 Å². The van der Waals surface area contributed by atoms with E-state index in [1.165, 1.54) is 10.5 Å². The van der Waals surface area contributed by atoms with Crippen molar-refractivity contribution in [2.75, 3.05) is 10.8 Å². The number of aryl methyl sites for hydroxylation is 1. The topological polar surface area (TPSA) is 66.1 Å². The highest BCUT2D eigenvalue weighted by Crippen LogP contribution is 2.21. The summed E-state index contributed by atoms with van der Waals surface area (Å²) in [6.45, 7) is 3.88. The lowest BCUT2D eigenvalue weighted by atomic mass is 10.3. The van der Waals surface area contributed by atoms with E-state index in [-0.39, 0.29) is 5.03 Å². The van der Waals surface area contributed by atoms with Crippen molar-refractivity contribution in [1.82, 2.24) is 9.97 Å². The third-order valence-electron chi connectivity index (χ3n) is 2.58. The summed E-state index contributed by atoms with van der Waals surface area (Å²) in [5.41, 5.74) is 0.646. The molecule has 5 nitrogen and oxygen atoms in total. The summed E-state index contributed by atoms with van der Waals surface area (Å²) in [6, 6.07) is 9.01. The molecule has 0 unspecified atom stereocenters. The van der Waals surface area contributed by atoms with Gasteiger partial charge in [0, 0.05) is 6.54 Å². The number of nitrogens with one attached hydrogen (secondary N) is 1. The van der Waals surface area contributed by atoms with Crippen LogP contribution in [0.1, 0.15) is 12.7 Å². The predicted octanol–water partition coefficient (Wildman–Crippen LogP) is 1.93. The van der Waals surface area contributed by atoms with E-state index in [4.69, 9.17) is 0 Å². The highest BCUT2D eigenvalue weighted by molar-refractivity contribution is 7.92. The van der Waals surface area contributed by atoms with E-state index >= 15 is 0 Å². The Morgan fingerprint density at radius 2 is 1.94 bits per heavy atom. The van der Waals surface area contributed by atoms with Crippen LogP contribution in [0.4, 0.5) is 5.69 Å². The smallest absolute Gasteiger partial charge is 0.281 e. The molecule has 2 rings (SSSR count).